The van der Waals surface area contributed by atoms with E-state index in [-0.39, 0.29) is 10.8 Å². The summed E-state index contributed by atoms with van der Waals surface area (Å²) in [5.74, 6) is 1.48. The highest BCUT2D eigenvalue weighted by atomic mass is 16.3. The van der Waals surface area contributed by atoms with E-state index in [1.54, 1.807) is 0 Å². The largest absolute Gasteiger partial charge is 0.508 e. The van der Waals surface area contributed by atoms with Crippen molar-refractivity contribution < 1.29 is 9.90 Å². The zero-order chi connectivity index (χ0) is 22.5. The number of piperidine rings is 1. The number of carbonyl (C=O) groups excluding carboxylic acids is 1. The predicted molar refractivity (Wildman–Crippen MR) is 129 cm³/mol. The average molecular weight is 432 g/mol. The summed E-state index contributed by atoms with van der Waals surface area (Å²) in [5, 5.41) is 10.2. The van der Waals surface area contributed by atoms with E-state index in [0.717, 1.165) is 51.6 Å². The SMILES string of the molecule is Cc1ccccc1C1CCCN(C(=O)[C@@]2(C)CCC[C@]3(C)c4cc(O)ccc4CC[C@@H]23)C1. The number of aryl methyl sites for hydroxylation is 2. The number of likely N-dealkylation sites (tertiary alicyclic amines) is 1. The highest BCUT2D eigenvalue weighted by Gasteiger charge is 2.56. The summed E-state index contributed by atoms with van der Waals surface area (Å²) in [6.45, 7) is 8.53. The van der Waals surface area contributed by atoms with E-state index < -0.39 is 0 Å². The Labute approximate surface area is 192 Å². The summed E-state index contributed by atoms with van der Waals surface area (Å²) in [6.07, 6.45) is 7.46. The molecule has 1 saturated carbocycles. The van der Waals surface area contributed by atoms with Crippen LogP contribution in [0.5, 0.6) is 5.75 Å². The summed E-state index contributed by atoms with van der Waals surface area (Å²) in [7, 11) is 0. The van der Waals surface area contributed by atoms with Crippen LogP contribution in [0.2, 0.25) is 0 Å². The Bertz CT molecular complexity index is 1030. The van der Waals surface area contributed by atoms with Crippen LogP contribution in [-0.4, -0.2) is 29.0 Å². The molecule has 1 heterocycles. The Balaban J connectivity index is 1.44. The fourth-order valence-corrected chi connectivity index (χ4v) is 7.53. The molecule has 170 valence electrons. The van der Waals surface area contributed by atoms with Gasteiger partial charge in [-0.05, 0) is 91.2 Å². The van der Waals surface area contributed by atoms with Gasteiger partial charge in [-0.25, -0.2) is 0 Å². The van der Waals surface area contributed by atoms with Gasteiger partial charge in [0.2, 0.25) is 5.91 Å². The zero-order valence-electron chi connectivity index (χ0n) is 19.9. The highest BCUT2D eigenvalue weighted by Crippen LogP contribution is 2.58. The van der Waals surface area contributed by atoms with Crippen molar-refractivity contribution in [1.82, 2.24) is 4.90 Å². The van der Waals surface area contributed by atoms with Crippen LogP contribution in [-0.2, 0) is 16.6 Å². The molecule has 3 aliphatic rings. The molecule has 5 rings (SSSR count). The summed E-state index contributed by atoms with van der Waals surface area (Å²) < 4.78 is 0. The van der Waals surface area contributed by atoms with Crippen LogP contribution in [0.3, 0.4) is 0 Å². The molecule has 1 N–H and O–H groups in total. The van der Waals surface area contributed by atoms with Crippen LogP contribution >= 0.6 is 0 Å². The van der Waals surface area contributed by atoms with E-state index >= 15 is 0 Å². The quantitative estimate of drug-likeness (QED) is 0.622. The van der Waals surface area contributed by atoms with Crippen molar-refractivity contribution in [1.29, 1.82) is 0 Å². The monoisotopic (exact) mass is 431 g/mol. The molecule has 0 bridgehead atoms. The number of aromatic hydroxyl groups is 1. The maximum absolute atomic E-state index is 14.2. The molecule has 2 fully saturated rings. The fraction of sp³-hybridized carbons (Fsp3) is 0.552. The molecule has 3 heteroatoms. The lowest BCUT2D eigenvalue weighted by atomic mass is 9.49. The van der Waals surface area contributed by atoms with Gasteiger partial charge >= 0.3 is 0 Å². The molecule has 1 amide bonds. The van der Waals surface area contributed by atoms with Crippen molar-refractivity contribution in [3.63, 3.8) is 0 Å². The Hall–Kier alpha value is -2.29. The van der Waals surface area contributed by atoms with Gasteiger partial charge in [0.1, 0.15) is 5.75 Å². The second-order valence-electron chi connectivity index (χ2n) is 11.1. The minimum absolute atomic E-state index is 0.0415. The molecule has 0 spiro atoms. The minimum atomic E-state index is -0.330. The number of phenols is 1. The molecule has 32 heavy (non-hydrogen) atoms. The third-order valence-electron chi connectivity index (χ3n) is 9.17. The first kappa shape index (κ1) is 21.6. The van der Waals surface area contributed by atoms with Crippen LogP contribution in [0, 0.1) is 18.3 Å². The molecule has 2 aromatic carbocycles. The number of benzene rings is 2. The fourth-order valence-electron chi connectivity index (χ4n) is 7.53. The first-order chi connectivity index (χ1) is 15.3. The third-order valence-corrected chi connectivity index (χ3v) is 9.17. The van der Waals surface area contributed by atoms with Gasteiger partial charge in [0.25, 0.3) is 0 Å². The summed E-state index contributed by atoms with van der Waals surface area (Å²) in [5.41, 5.74) is 5.02. The van der Waals surface area contributed by atoms with E-state index in [1.807, 2.05) is 12.1 Å². The smallest absolute Gasteiger partial charge is 0.228 e. The molecule has 0 aromatic heterocycles. The molecule has 2 aliphatic carbocycles. The van der Waals surface area contributed by atoms with Gasteiger partial charge in [-0.2, -0.15) is 0 Å². The maximum atomic E-state index is 14.2. The average Bonchev–Trinajstić information content (AvgIpc) is 2.79. The molecule has 0 radical (unpaired) electrons. The van der Waals surface area contributed by atoms with Crippen molar-refractivity contribution in [2.75, 3.05) is 13.1 Å². The van der Waals surface area contributed by atoms with Crippen molar-refractivity contribution in [3.05, 3.63) is 64.7 Å². The standard InChI is InChI=1S/C29H37NO2/c1-20-8-4-5-10-24(20)22-9-6-17-30(19-22)27(32)29(3)16-7-15-28(2)25-18-23(31)13-11-21(25)12-14-26(28)29/h4-5,8,10-11,13,18,22,26,31H,6-7,9,12,14-17,19H2,1-3H3/t22?,26-,28-,29+/m1/s1. The van der Waals surface area contributed by atoms with E-state index in [4.69, 9.17) is 0 Å². The lowest BCUT2D eigenvalue weighted by Gasteiger charge is -2.55. The summed E-state index contributed by atoms with van der Waals surface area (Å²) >= 11 is 0. The molecule has 2 aromatic rings. The lowest BCUT2D eigenvalue weighted by molar-refractivity contribution is -0.151. The number of hydrogen-bond acceptors (Lipinski definition) is 2. The van der Waals surface area contributed by atoms with Gasteiger partial charge in [0, 0.05) is 19.0 Å². The van der Waals surface area contributed by atoms with Gasteiger partial charge in [0.15, 0.2) is 0 Å². The van der Waals surface area contributed by atoms with Crippen molar-refractivity contribution in [3.8, 4) is 5.75 Å². The highest BCUT2D eigenvalue weighted by molar-refractivity contribution is 5.83. The first-order valence-electron chi connectivity index (χ1n) is 12.5. The molecular weight excluding hydrogens is 394 g/mol. The van der Waals surface area contributed by atoms with Crippen LogP contribution in [0.25, 0.3) is 0 Å². The Morgan fingerprint density at radius 2 is 1.88 bits per heavy atom. The Morgan fingerprint density at radius 1 is 1.06 bits per heavy atom. The summed E-state index contributed by atoms with van der Waals surface area (Å²) in [4.78, 5) is 16.4. The minimum Gasteiger partial charge on any atom is -0.508 e. The number of rotatable bonds is 2. The third kappa shape index (κ3) is 3.36. The molecule has 3 nitrogen and oxygen atoms in total. The molecule has 1 saturated heterocycles. The van der Waals surface area contributed by atoms with Crippen molar-refractivity contribution in [2.45, 2.75) is 77.0 Å². The normalized spacial score (nSPS) is 32.2. The van der Waals surface area contributed by atoms with Crippen LogP contribution in [0.1, 0.15) is 80.5 Å². The number of carbonyl (C=O) groups is 1. The topological polar surface area (TPSA) is 40.5 Å². The number of phenolic OH excluding ortho intramolecular Hbond substituents is 1. The molecular formula is C29H37NO2. The Morgan fingerprint density at radius 3 is 2.69 bits per heavy atom. The number of amides is 1. The predicted octanol–water partition coefficient (Wildman–Crippen LogP) is 6.12. The lowest BCUT2D eigenvalue weighted by Crippen LogP contribution is -2.57. The maximum Gasteiger partial charge on any atom is 0.228 e. The van der Waals surface area contributed by atoms with E-state index in [0.29, 0.717) is 23.5 Å². The number of hydrogen-bond donors (Lipinski definition) is 1. The van der Waals surface area contributed by atoms with Gasteiger partial charge < -0.3 is 10.0 Å². The zero-order valence-corrected chi connectivity index (χ0v) is 19.9. The van der Waals surface area contributed by atoms with E-state index in [9.17, 15) is 9.90 Å². The van der Waals surface area contributed by atoms with Crippen LogP contribution < -0.4 is 0 Å². The van der Waals surface area contributed by atoms with Gasteiger partial charge in [-0.15, -0.1) is 0 Å². The van der Waals surface area contributed by atoms with Crippen molar-refractivity contribution in [2.24, 2.45) is 11.3 Å². The molecule has 1 aliphatic heterocycles. The Kier molecular flexibility index (Phi) is 5.34. The van der Waals surface area contributed by atoms with Crippen molar-refractivity contribution >= 4 is 5.91 Å². The number of fused-ring (bicyclic) bond motifs is 3. The second kappa shape index (κ2) is 7.93. The molecule has 1 unspecified atom stereocenters. The van der Waals surface area contributed by atoms with Gasteiger partial charge in [-0.3, -0.25) is 4.79 Å². The second-order valence-corrected chi connectivity index (χ2v) is 11.1. The van der Waals surface area contributed by atoms with Gasteiger partial charge in [0.05, 0.1) is 5.41 Å². The first-order valence-corrected chi connectivity index (χ1v) is 12.5. The van der Waals surface area contributed by atoms with E-state index in [1.165, 1.54) is 28.7 Å². The van der Waals surface area contributed by atoms with E-state index in [2.05, 4.69) is 56.0 Å². The van der Waals surface area contributed by atoms with Crippen LogP contribution in [0.4, 0.5) is 0 Å². The summed E-state index contributed by atoms with van der Waals surface area (Å²) in [6, 6.07) is 14.6. The number of nitrogens with zero attached hydrogens (tertiary/aromatic N) is 1. The molecule has 4 atom stereocenters. The van der Waals surface area contributed by atoms with Crippen LogP contribution in [0.15, 0.2) is 42.5 Å². The van der Waals surface area contributed by atoms with Gasteiger partial charge in [-0.1, -0.05) is 50.6 Å².